The fourth-order valence-corrected chi connectivity index (χ4v) is 2.72. The van der Waals surface area contributed by atoms with Gasteiger partial charge < -0.3 is 5.73 Å². The summed E-state index contributed by atoms with van der Waals surface area (Å²) in [5.74, 6) is 0.120. The highest BCUT2D eigenvalue weighted by Crippen LogP contribution is 2.37. The molecule has 112 valence electrons. The molecular weight excluding hydrogens is 301 g/mol. The Hall–Kier alpha value is -1.83. The predicted molar refractivity (Wildman–Crippen MR) is 74.6 cm³/mol. The van der Waals surface area contributed by atoms with E-state index >= 15 is 0 Å². The zero-order valence-corrected chi connectivity index (χ0v) is 11.9. The summed E-state index contributed by atoms with van der Waals surface area (Å²) in [6, 6.07) is 5.13. The van der Waals surface area contributed by atoms with E-state index in [4.69, 9.17) is 5.73 Å². The number of halogens is 3. The third-order valence-electron chi connectivity index (χ3n) is 2.80. The highest BCUT2D eigenvalue weighted by molar-refractivity contribution is 7.99. The lowest BCUT2D eigenvalue weighted by Gasteiger charge is -2.15. The van der Waals surface area contributed by atoms with E-state index in [-0.39, 0.29) is 11.2 Å². The molecule has 0 amide bonds. The molecule has 2 aromatic rings. The zero-order valence-electron chi connectivity index (χ0n) is 11.1. The summed E-state index contributed by atoms with van der Waals surface area (Å²) in [4.78, 5) is 11.7. The average Bonchev–Trinajstić information content (AvgIpc) is 2.44. The van der Waals surface area contributed by atoms with Crippen molar-refractivity contribution in [1.29, 1.82) is 0 Å². The third kappa shape index (κ3) is 4.07. The minimum Gasteiger partial charge on any atom is -0.368 e. The summed E-state index contributed by atoms with van der Waals surface area (Å²) in [5.41, 5.74) is 5.61. The molecule has 2 N–H and O–H groups in total. The van der Waals surface area contributed by atoms with Crippen molar-refractivity contribution in [2.75, 3.05) is 5.73 Å². The number of hydrogen-bond donors (Lipinski definition) is 1. The number of nitrogens with zero attached hydrogens (tertiary/aromatic N) is 3. The van der Waals surface area contributed by atoms with Crippen molar-refractivity contribution in [2.45, 2.75) is 29.9 Å². The number of anilines is 1. The highest BCUT2D eigenvalue weighted by atomic mass is 32.2. The van der Waals surface area contributed by atoms with Gasteiger partial charge in [-0.2, -0.15) is 18.2 Å². The maximum Gasteiger partial charge on any atom is 0.416 e. The van der Waals surface area contributed by atoms with Crippen molar-refractivity contribution in [3.8, 4) is 0 Å². The van der Waals surface area contributed by atoms with Gasteiger partial charge in [0.15, 0.2) is 5.16 Å². The molecule has 0 bridgehead atoms. The van der Waals surface area contributed by atoms with E-state index in [0.29, 0.717) is 5.16 Å². The fraction of sp³-hybridized carbons (Fsp3) is 0.308. The van der Waals surface area contributed by atoms with Gasteiger partial charge in [-0.25, -0.2) is 9.97 Å². The second-order valence-electron chi connectivity index (χ2n) is 4.26. The molecule has 0 radical (unpaired) electrons. The summed E-state index contributed by atoms with van der Waals surface area (Å²) < 4.78 is 37.6. The van der Waals surface area contributed by atoms with Gasteiger partial charge in [-0.05, 0) is 24.1 Å². The molecule has 1 aromatic carbocycles. The fourth-order valence-electron chi connectivity index (χ4n) is 1.75. The first kappa shape index (κ1) is 15.6. The number of alkyl halides is 3. The first-order valence-electron chi connectivity index (χ1n) is 6.18. The second-order valence-corrected chi connectivity index (χ2v) is 5.43. The molecule has 0 aliphatic carbocycles. The van der Waals surface area contributed by atoms with Gasteiger partial charge in [-0.1, -0.05) is 30.8 Å². The maximum atomic E-state index is 12.5. The highest BCUT2D eigenvalue weighted by Gasteiger charge is 2.30. The molecule has 1 aromatic heterocycles. The molecule has 4 nitrogen and oxygen atoms in total. The molecule has 1 atom stereocenters. The van der Waals surface area contributed by atoms with Crippen LogP contribution in [0.3, 0.4) is 0 Å². The van der Waals surface area contributed by atoms with Gasteiger partial charge in [0.1, 0.15) is 6.33 Å². The molecule has 0 saturated heterocycles. The lowest BCUT2D eigenvalue weighted by Crippen LogP contribution is -2.05. The Labute approximate surface area is 124 Å². The van der Waals surface area contributed by atoms with E-state index in [1.54, 1.807) is 0 Å². The van der Waals surface area contributed by atoms with Crippen LogP contribution in [0, 0.1) is 0 Å². The van der Waals surface area contributed by atoms with E-state index < -0.39 is 11.7 Å². The quantitative estimate of drug-likeness (QED) is 0.871. The molecule has 21 heavy (non-hydrogen) atoms. The molecule has 2 rings (SSSR count). The van der Waals surface area contributed by atoms with Gasteiger partial charge in [-0.15, -0.1) is 0 Å². The van der Waals surface area contributed by atoms with Crippen LogP contribution < -0.4 is 5.73 Å². The minimum absolute atomic E-state index is 0.0471. The van der Waals surface area contributed by atoms with E-state index in [9.17, 15) is 13.2 Å². The van der Waals surface area contributed by atoms with Crippen LogP contribution in [0.25, 0.3) is 0 Å². The SMILES string of the molecule is CCC(Sc1ncnc(N)n1)c1ccc(C(F)(F)F)cc1. The van der Waals surface area contributed by atoms with Crippen molar-refractivity contribution >= 4 is 17.7 Å². The van der Waals surface area contributed by atoms with Crippen LogP contribution in [0.4, 0.5) is 19.1 Å². The van der Waals surface area contributed by atoms with Crippen LogP contribution in [-0.2, 0) is 6.18 Å². The van der Waals surface area contributed by atoms with E-state index in [0.717, 1.165) is 24.1 Å². The molecule has 0 fully saturated rings. The minimum atomic E-state index is -4.32. The monoisotopic (exact) mass is 314 g/mol. The Bertz CT molecular complexity index is 601. The Morgan fingerprint density at radius 1 is 1.19 bits per heavy atom. The van der Waals surface area contributed by atoms with E-state index in [2.05, 4.69) is 15.0 Å². The van der Waals surface area contributed by atoms with Gasteiger partial charge in [0.25, 0.3) is 0 Å². The lowest BCUT2D eigenvalue weighted by atomic mass is 10.1. The van der Waals surface area contributed by atoms with Crippen LogP contribution in [0.1, 0.15) is 29.7 Å². The van der Waals surface area contributed by atoms with Crippen LogP contribution in [0.15, 0.2) is 35.7 Å². The Balaban J connectivity index is 2.18. The van der Waals surface area contributed by atoms with Crippen molar-refractivity contribution in [3.63, 3.8) is 0 Å². The molecule has 1 unspecified atom stereocenters. The second kappa shape index (κ2) is 6.30. The molecule has 0 aliphatic rings. The number of nitrogens with two attached hydrogens (primary N) is 1. The van der Waals surface area contributed by atoms with Gasteiger partial charge in [0.2, 0.25) is 5.95 Å². The standard InChI is InChI=1S/C13H13F3N4S/c1-2-10(21-12-19-7-18-11(17)20-12)8-3-5-9(6-4-8)13(14,15)16/h3-7,10H,2H2,1H3,(H2,17,18,19,20). The number of nitrogen functional groups attached to an aromatic ring is 1. The summed E-state index contributed by atoms with van der Waals surface area (Å²) in [5, 5.41) is 0.406. The van der Waals surface area contributed by atoms with Crippen molar-refractivity contribution in [3.05, 3.63) is 41.7 Å². The Kier molecular flexibility index (Phi) is 4.66. The van der Waals surface area contributed by atoms with Gasteiger partial charge >= 0.3 is 6.18 Å². The van der Waals surface area contributed by atoms with E-state index in [1.807, 2.05) is 6.92 Å². The van der Waals surface area contributed by atoms with Gasteiger partial charge in [-0.3, -0.25) is 0 Å². The van der Waals surface area contributed by atoms with Crippen LogP contribution >= 0.6 is 11.8 Å². The number of thioether (sulfide) groups is 1. The normalized spacial score (nSPS) is 13.1. The first-order chi connectivity index (χ1) is 9.90. The molecule has 0 aliphatic heterocycles. The molecule has 8 heteroatoms. The number of hydrogen-bond acceptors (Lipinski definition) is 5. The van der Waals surface area contributed by atoms with Gasteiger partial charge in [0.05, 0.1) is 5.56 Å². The molecular formula is C13H13F3N4S. The Morgan fingerprint density at radius 2 is 1.86 bits per heavy atom. The first-order valence-corrected chi connectivity index (χ1v) is 7.06. The largest absolute Gasteiger partial charge is 0.416 e. The predicted octanol–water partition coefficient (Wildman–Crippen LogP) is 3.72. The number of rotatable bonds is 4. The zero-order chi connectivity index (χ0) is 15.5. The van der Waals surface area contributed by atoms with Crippen LogP contribution in [-0.4, -0.2) is 15.0 Å². The summed E-state index contributed by atoms with van der Waals surface area (Å²) >= 11 is 1.35. The average molecular weight is 314 g/mol. The maximum absolute atomic E-state index is 12.5. The molecule has 1 heterocycles. The van der Waals surface area contributed by atoms with Crippen molar-refractivity contribution in [2.24, 2.45) is 0 Å². The topological polar surface area (TPSA) is 64.7 Å². The van der Waals surface area contributed by atoms with Crippen LogP contribution in [0.2, 0.25) is 0 Å². The summed E-state index contributed by atoms with van der Waals surface area (Å²) in [6.45, 7) is 1.94. The number of benzene rings is 1. The van der Waals surface area contributed by atoms with Crippen LogP contribution in [0.5, 0.6) is 0 Å². The van der Waals surface area contributed by atoms with Gasteiger partial charge in [0, 0.05) is 5.25 Å². The summed E-state index contributed by atoms with van der Waals surface area (Å²) in [7, 11) is 0. The van der Waals surface area contributed by atoms with Crippen molar-refractivity contribution in [1.82, 2.24) is 15.0 Å². The molecule has 0 spiro atoms. The third-order valence-corrected chi connectivity index (χ3v) is 4.09. The lowest BCUT2D eigenvalue weighted by molar-refractivity contribution is -0.137. The number of aromatic nitrogens is 3. The van der Waals surface area contributed by atoms with E-state index in [1.165, 1.54) is 30.2 Å². The van der Waals surface area contributed by atoms with Crippen molar-refractivity contribution < 1.29 is 13.2 Å². The Morgan fingerprint density at radius 3 is 2.38 bits per heavy atom. The smallest absolute Gasteiger partial charge is 0.368 e. The molecule has 0 saturated carbocycles. The summed E-state index contributed by atoms with van der Waals surface area (Å²) in [6.07, 6.45) is -2.29.